The van der Waals surface area contributed by atoms with Crippen molar-refractivity contribution < 1.29 is 9.53 Å². The number of hydrogen-bond donors (Lipinski definition) is 2. The van der Waals surface area contributed by atoms with E-state index < -0.39 is 0 Å². The van der Waals surface area contributed by atoms with Crippen LogP contribution >= 0.6 is 0 Å². The molecular formula is C7H14N2O2. The highest BCUT2D eigenvalue weighted by Gasteiger charge is 2.14. The molecule has 1 aliphatic heterocycles. The quantitative estimate of drug-likeness (QED) is 0.568. The van der Waals surface area contributed by atoms with Crippen LogP contribution in [0.5, 0.6) is 0 Å². The lowest BCUT2D eigenvalue weighted by atomic mass is 10.1. The summed E-state index contributed by atoms with van der Waals surface area (Å²) >= 11 is 0. The summed E-state index contributed by atoms with van der Waals surface area (Å²) in [5.41, 5.74) is 0. The van der Waals surface area contributed by atoms with Gasteiger partial charge in [-0.3, -0.25) is 0 Å². The summed E-state index contributed by atoms with van der Waals surface area (Å²) < 4.78 is 5.18. The summed E-state index contributed by atoms with van der Waals surface area (Å²) in [4.78, 5) is 10.8. The molecule has 1 rings (SSSR count). The third kappa shape index (κ3) is 2.76. The van der Waals surface area contributed by atoms with Gasteiger partial charge in [0, 0.05) is 13.7 Å². The average molecular weight is 158 g/mol. The largest absolute Gasteiger partial charge is 0.379 e. The number of rotatable bonds is 1. The molecule has 0 aromatic heterocycles. The van der Waals surface area contributed by atoms with Gasteiger partial charge >= 0.3 is 6.03 Å². The Morgan fingerprint density at radius 1 is 1.64 bits per heavy atom. The zero-order chi connectivity index (χ0) is 8.10. The zero-order valence-electron chi connectivity index (χ0n) is 6.72. The fraction of sp³-hybridized carbons (Fsp3) is 0.857. The number of urea groups is 1. The number of amides is 2. The molecule has 0 radical (unpaired) electrons. The van der Waals surface area contributed by atoms with Crippen molar-refractivity contribution >= 4 is 6.03 Å². The van der Waals surface area contributed by atoms with Crippen LogP contribution in [0.4, 0.5) is 4.79 Å². The maximum atomic E-state index is 10.8. The van der Waals surface area contributed by atoms with Gasteiger partial charge in [0.05, 0.1) is 12.6 Å². The smallest absolute Gasteiger partial charge is 0.314 e. The van der Waals surface area contributed by atoms with Crippen LogP contribution in [0.3, 0.4) is 0 Å². The molecule has 0 bridgehead atoms. The SMILES string of the molecule is CNC(=O)N[C@H]1CCCOC1. The van der Waals surface area contributed by atoms with Crippen molar-refractivity contribution in [3.8, 4) is 0 Å². The van der Waals surface area contributed by atoms with Gasteiger partial charge in [-0.1, -0.05) is 0 Å². The lowest BCUT2D eigenvalue weighted by Crippen LogP contribution is -2.44. The highest BCUT2D eigenvalue weighted by Crippen LogP contribution is 2.04. The fourth-order valence-corrected chi connectivity index (χ4v) is 1.11. The lowest BCUT2D eigenvalue weighted by Gasteiger charge is -2.22. The maximum absolute atomic E-state index is 10.8. The van der Waals surface area contributed by atoms with Gasteiger partial charge in [-0.25, -0.2) is 4.79 Å². The van der Waals surface area contributed by atoms with Gasteiger partial charge in [-0.15, -0.1) is 0 Å². The van der Waals surface area contributed by atoms with E-state index >= 15 is 0 Å². The van der Waals surface area contributed by atoms with Crippen molar-refractivity contribution in [2.24, 2.45) is 0 Å². The first-order valence-corrected chi connectivity index (χ1v) is 3.89. The molecule has 0 saturated carbocycles. The predicted octanol–water partition coefficient (Wildman–Crippen LogP) is 0.0944. The number of carbonyl (C=O) groups excluding carboxylic acids is 1. The molecule has 0 unspecified atom stereocenters. The van der Waals surface area contributed by atoms with E-state index in [1.165, 1.54) is 0 Å². The topological polar surface area (TPSA) is 50.4 Å². The van der Waals surface area contributed by atoms with E-state index in [2.05, 4.69) is 10.6 Å². The molecule has 1 saturated heterocycles. The van der Waals surface area contributed by atoms with Crippen LogP contribution in [0.25, 0.3) is 0 Å². The van der Waals surface area contributed by atoms with Gasteiger partial charge in [0.25, 0.3) is 0 Å². The van der Waals surface area contributed by atoms with E-state index in [1.807, 2.05) is 0 Å². The number of hydrogen-bond acceptors (Lipinski definition) is 2. The Balaban J connectivity index is 2.19. The fourth-order valence-electron chi connectivity index (χ4n) is 1.11. The second-order valence-electron chi connectivity index (χ2n) is 2.64. The molecular weight excluding hydrogens is 144 g/mol. The van der Waals surface area contributed by atoms with Gasteiger partial charge in [0.15, 0.2) is 0 Å². The van der Waals surface area contributed by atoms with Gasteiger partial charge in [-0.2, -0.15) is 0 Å². The molecule has 0 aliphatic carbocycles. The van der Waals surface area contributed by atoms with Crippen LogP contribution in [0.2, 0.25) is 0 Å². The minimum absolute atomic E-state index is 0.125. The van der Waals surface area contributed by atoms with Crippen molar-refractivity contribution in [1.82, 2.24) is 10.6 Å². The maximum Gasteiger partial charge on any atom is 0.314 e. The lowest BCUT2D eigenvalue weighted by molar-refractivity contribution is 0.0733. The van der Waals surface area contributed by atoms with Crippen molar-refractivity contribution in [2.45, 2.75) is 18.9 Å². The third-order valence-electron chi connectivity index (χ3n) is 1.72. The molecule has 64 valence electrons. The molecule has 0 spiro atoms. The molecule has 1 heterocycles. The summed E-state index contributed by atoms with van der Waals surface area (Å²) in [6.45, 7) is 1.47. The highest BCUT2D eigenvalue weighted by molar-refractivity contribution is 5.73. The Bertz CT molecular complexity index is 132. The number of nitrogens with one attached hydrogen (secondary N) is 2. The normalized spacial score (nSPS) is 24.3. The van der Waals surface area contributed by atoms with Crippen LogP contribution in [0.15, 0.2) is 0 Å². The minimum atomic E-state index is -0.125. The minimum Gasteiger partial charge on any atom is -0.379 e. The predicted molar refractivity (Wildman–Crippen MR) is 41.4 cm³/mol. The van der Waals surface area contributed by atoms with Crippen molar-refractivity contribution in [3.63, 3.8) is 0 Å². The molecule has 1 atom stereocenters. The van der Waals surface area contributed by atoms with Crippen LogP contribution in [0.1, 0.15) is 12.8 Å². The first-order chi connectivity index (χ1) is 5.33. The average Bonchev–Trinajstić information content (AvgIpc) is 2.06. The van der Waals surface area contributed by atoms with E-state index in [-0.39, 0.29) is 12.1 Å². The second-order valence-corrected chi connectivity index (χ2v) is 2.64. The van der Waals surface area contributed by atoms with Crippen molar-refractivity contribution in [3.05, 3.63) is 0 Å². The zero-order valence-corrected chi connectivity index (χ0v) is 6.72. The first-order valence-electron chi connectivity index (χ1n) is 3.89. The number of ether oxygens (including phenoxy) is 1. The van der Waals surface area contributed by atoms with Crippen molar-refractivity contribution in [1.29, 1.82) is 0 Å². The molecule has 4 nitrogen and oxygen atoms in total. The Labute approximate surface area is 66.3 Å². The summed E-state index contributed by atoms with van der Waals surface area (Å²) in [5.74, 6) is 0. The molecule has 1 aliphatic rings. The third-order valence-corrected chi connectivity index (χ3v) is 1.72. The number of carbonyl (C=O) groups is 1. The van der Waals surface area contributed by atoms with E-state index in [0.29, 0.717) is 6.61 Å². The summed E-state index contributed by atoms with van der Waals surface area (Å²) in [7, 11) is 1.61. The summed E-state index contributed by atoms with van der Waals surface area (Å²) in [6, 6.07) is 0.0733. The second kappa shape index (κ2) is 4.18. The van der Waals surface area contributed by atoms with Crippen LogP contribution in [0, 0.1) is 0 Å². The molecule has 2 amide bonds. The van der Waals surface area contributed by atoms with Gasteiger partial charge in [-0.05, 0) is 12.8 Å². The molecule has 1 fully saturated rings. The van der Waals surface area contributed by atoms with E-state index in [1.54, 1.807) is 7.05 Å². The molecule has 4 heteroatoms. The van der Waals surface area contributed by atoms with E-state index in [9.17, 15) is 4.79 Å². The van der Waals surface area contributed by atoms with Gasteiger partial charge < -0.3 is 15.4 Å². The monoisotopic (exact) mass is 158 g/mol. The molecule has 0 aromatic rings. The Morgan fingerprint density at radius 3 is 3.00 bits per heavy atom. The van der Waals surface area contributed by atoms with Crippen LogP contribution in [-0.2, 0) is 4.74 Å². The standard InChI is InChI=1S/C7H14N2O2/c1-8-7(10)9-6-3-2-4-11-5-6/h6H,2-5H2,1H3,(H2,8,9,10)/t6-/m0/s1. The Morgan fingerprint density at radius 2 is 2.45 bits per heavy atom. The van der Waals surface area contributed by atoms with Gasteiger partial charge in [0.1, 0.15) is 0 Å². The Hall–Kier alpha value is -0.770. The Kier molecular flexibility index (Phi) is 3.16. The molecule has 11 heavy (non-hydrogen) atoms. The van der Waals surface area contributed by atoms with E-state index in [0.717, 1.165) is 19.4 Å². The molecule has 0 aromatic carbocycles. The molecule has 2 N–H and O–H groups in total. The van der Waals surface area contributed by atoms with E-state index in [4.69, 9.17) is 4.74 Å². The summed E-state index contributed by atoms with van der Waals surface area (Å²) in [6.07, 6.45) is 2.06. The van der Waals surface area contributed by atoms with Crippen LogP contribution in [-0.4, -0.2) is 32.3 Å². The summed E-state index contributed by atoms with van der Waals surface area (Å²) in [5, 5.41) is 5.30. The first kappa shape index (κ1) is 8.33. The van der Waals surface area contributed by atoms with Crippen molar-refractivity contribution in [2.75, 3.05) is 20.3 Å². The highest BCUT2D eigenvalue weighted by atomic mass is 16.5. The van der Waals surface area contributed by atoms with Crippen LogP contribution < -0.4 is 10.6 Å². The van der Waals surface area contributed by atoms with Gasteiger partial charge in [0.2, 0.25) is 0 Å².